The summed E-state index contributed by atoms with van der Waals surface area (Å²) < 4.78 is 0. The Kier molecular flexibility index (Phi) is 4.21. The maximum Gasteiger partial charge on any atom is 0.100 e. The van der Waals surface area contributed by atoms with Gasteiger partial charge in [0, 0.05) is 18.3 Å². The van der Waals surface area contributed by atoms with E-state index in [4.69, 9.17) is 12.2 Å². The smallest absolute Gasteiger partial charge is 0.100 e. The van der Waals surface area contributed by atoms with Gasteiger partial charge in [0.05, 0.1) is 17.4 Å². The second-order valence-corrected chi connectivity index (χ2v) is 7.43. The highest BCUT2D eigenvalue weighted by Crippen LogP contribution is 2.37. The minimum atomic E-state index is -0.413. The summed E-state index contributed by atoms with van der Waals surface area (Å²) in [6, 6.07) is 16.5. The van der Waals surface area contributed by atoms with Gasteiger partial charge in [-0.15, -0.1) is 0 Å². The van der Waals surface area contributed by atoms with Crippen molar-refractivity contribution in [2.75, 3.05) is 13.2 Å². The molecule has 2 aromatic rings. The van der Waals surface area contributed by atoms with Crippen molar-refractivity contribution in [3.05, 3.63) is 66.0 Å². The van der Waals surface area contributed by atoms with Crippen molar-refractivity contribution >= 4 is 17.2 Å². The van der Waals surface area contributed by atoms with Crippen LogP contribution < -0.4 is 5.32 Å². The summed E-state index contributed by atoms with van der Waals surface area (Å²) >= 11 is 5.80. The van der Waals surface area contributed by atoms with E-state index in [0.29, 0.717) is 0 Å². The molecule has 1 aliphatic heterocycles. The molecule has 1 atom stereocenters. The van der Waals surface area contributed by atoms with Crippen LogP contribution in [0.15, 0.2) is 54.7 Å². The van der Waals surface area contributed by atoms with Crippen LogP contribution in [0.1, 0.15) is 32.0 Å². The first-order chi connectivity index (χ1) is 10.9. The highest BCUT2D eigenvalue weighted by molar-refractivity contribution is 7.80. The average Bonchev–Trinajstić information content (AvgIpc) is 2.56. The maximum absolute atomic E-state index is 5.80. The van der Waals surface area contributed by atoms with E-state index in [1.165, 1.54) is 5.56 Å². The molecule has 0 spiro atoms. The second-order valence-electron chi connectivity index (χ2n) is 7.02. The summed E-state index contributed by atoms with van der Waals surface area (Å²) in [4.78, 5) is 7.93. The van der Waals surface area contributed by atoms with Crippen LogP contribution in [0.3, 0.4) is 0 Å². The van der Waals surface area contributed by atoms with Crippen LogP contribution in [0.2, 0.25) is 0 Å². The second kappa shape index (κ2) is 6.02. The summed E-state index contributed by atoms with van der Waals surface area (Å²) in [6.07, 6.45) is 1.85. The Bertz CT molecular complexity index is 637. The van der Waals surface area contributed by atoms with Gasteiger partial charge >= 0.3 is 0 Å². The standard InChI is InChI=1S/C19H23N3S/c1-18(2,3)22-13-19(17(23)21-14-22,15-9-5-4-6-10-15)16-11-7-8-12-20-16/h4-12H,13-14H2,1-3H3,(H,21,23). The van der Waals surface area contributed by atoms with Crippen molar-refractivity contribution < 1.29 is 0 Å². The minimum absolute atomic E-state index is 0.0534. The van der Waals surface area contributed by atoms with Crippen molar-refractivity contribution in [1.82, 2.24) is 15.2 Å². The first-order valence-electron chi connectivity index (χ1n) is 7.95. The molecule has 1 fully saturated rings. The van der Waals surface area contributed by atoms with E-state index >= 15 is 0 Å². The minimum Gasteiger partial charge on any atom is -0.366 e. The van der Waals surface area contributed by atoms with Crippen LogP contribution in [0.5, 0.6) is 0 Å². The number of benzene rings is 1. The largest absolute Gasteiger partial charge is 0.366 e. The molecule has 1 aromatic heterocycles. The number of hydrogen-bond acceptors (Lipinski definition) is 3. The van der Waals surface area contributed by atoms with Gasteiger partial charge in [0.2, 0.25) is 0 Å². The molecule has 3 rings (SSSR count). The molecule has 0 bridgehead atoms. The summed E-state index contributed by atoms with van der Waals surface area (Å²) in [5.74, 6) is 0. The highest BCUT2D eigenvalue weighted by atomic mass is 32.1. The lowest BCUT2D eigenvalue weighted by Crippen LogP contribution is -2.63. The number of nitrogens with zero attached hydrogens (tertiary/aromatic N) is 2. The number of aromatic nitrogens is 1. The van der Waals surface area contributed by atoms with E-state index in [1.54, 1.807) is 0 Å². The predicted molar refractivity (Wildman–Crippen MR) is 98.5 cm³/mol. The Morgan fingerprint density at radius 1 is 1.09 bits per heavy atom. The molecule has 0 saturated carbocycles. The summed E-state index contributed by atoms with van der Waals surface area (Å²) in [6.45, 7) is 8.29. The molecule has 0 aliphatic carbocycles. The fourth-order valence-corrected chi connectivity index (χ4v) is 3.46. The zero-order chi connectivity index (χ0) is 16.5. The van der Waals surface area contributed by atoms with Gasteiger partial charge in [-0.3, -0.25) is 9.88 Å². The third-order valence-corrected chi connectivity index (χ3v) is 5.06. The van der Waals surface area contributed by atoms with Crippen LogP contribution in [-0.4, -0.2) is 33.6 Å². The topological polar surface area (TPSA) is 28.2 Å². The SMILES string of the molecule is CC(C)(C)N1CNC(=S)C(c2ccccc2)(c2ccccn2)C1. The van der Waals surface area contributed by atoms with E-state index in [0.717, 1.165) is 23.9 Å². The first kappa shape index (κ1) is 16.1. The van der Waals surface area contributed by atoms with Crippen LogP contribution in [0.4, 0.5) is 0 Å². The quantitative estimate of drug-likeness (QED) is 0.857. The van der Waals surface area contributed by atoms with Crippen molar-refractivity contribution in [3.8, 4) is 0 Å². The van der Waals surface area contributed by atoms with Crippen LogP contribution in [0.25, 0.3) is 0 Å². The third-order valence-electron chi connectivity index (χ3n) is 4.56. The zero-order valence-corrected chi connectivity index (χ0v) is 14.7. The van der Waals surface area contributed by atoms with Crippen LogP contribution in [0, 0.1) is 0 Å². The van der Waals surface area contributed by atoms with E-state index in [-0.39, 0.29) is 5.54 Å². The molecule has 3 nitrogen and oxygen atoms in total. The molecule has 23 heavy (non-hydrogen) atoms. The van der Waals surface area contributed by atoms with Gasteiger partial charge in [0.25, 0.3) is 0 Å². The van der Waals surface area contributed by atoms with Crippen molar-refractivity contribution in [2.24, 2.45) is 0 Å². The van der Waals surface area contributed by atoms with E-state index in [2.05, 4.69) is 66.3 Å². The molecule has 120 valence electrons. The number of thiocarbonyl (C=S) groups is 1. The van der Waals surface area contributed by atoms with Gasteiger partial charge in [-0.25, -0.2) is 0 Å². The van der Waals surface area contributed by atoms with Gasteiger partial charge in [-0.1, -0.05) is 48.6 Å². The number of pyridine rings is 1. The molecule has 0 radical (unpaired) electrons. The third kappa shape index (κ3) is 2.89. The Morgan fingerprint density at radius 3 is 2.39 bits per heavy atom. The fourth-order valence-electron chi connectivity index (χ4n) is 3.11. The maximum atomic E-state index is 5.80. The zero-order valence-electron chi connectivity index (χ0n) is 13.9. The molecule has 1 N–H and O–H groups in total. The average molecular weight is 325 g/mol. The monoisotopic (exact) mass is 325 g/mol. The van der Waals surface area contributed by atoms with Crippen molar-refractivity contribution in [3.63, 3.8) is 0 Å². The fraction of sp³-hybridized carbons (Fsp3) is 0.368. The van der Waals surface area contributed by atoms with Gasteiger partial charge in [0.1, 0.15) is 5.41 Å². The Hall–Kier alpha value is -1.78. The van der Waals surface area contributed by atoms with Crippen molar-refractivity contribution in [2.45, 2.75) is 31.7 Å². The summed E-state index contributed by atoms with van der Waals surface area (Å²) in [5.41, 5.74) is 1.82. The number of hydrogen-bond donors (Lipinski definition) is 1. The lowest BCUT2D eigenvalue weighted by atomic mass is 9.74. The molecule has 2 heterocycles. The van der Waals surface area contributed by atoms with Gasteiger partial charge in [-0.2, -0.15) is 0 Å². The number of rotatable bonds is 2. The van der Waals surface area contributed by atoms with Gasteiger partial charge in [-0.05, 0) is 38.5 Å². The highest BCUT2D eigenvalue weighted by Gasteiger charge is 2.46. The molecule has 1 aliphatic rings. The van der Waals surface area contributed by atoms with E-state index in [1.807, 2.05) is 24.4 Å². The lowest BCUT2D eigenvalue weighted by molar-refractivity contribution is 0.105. The molecule has 1 aromatic carbocycles. The van der Waals surface area contributed by atoms with Crippen molar-refractivity contribution in [1.29, 1.82) is 0 Å². The molecule has 4 heteroatoms. The summed E-state index contributed by atoms with van der Waals surface area (Å²) in [7, 11) is 0. The molecular weight excluding hydrogens is 302 g/mol. The van der Waals surface area contributed by atoms with Gasteiger partial charge < -0.3 is 5.32 Å². The molecule has 0 amide bonds. The number of nitrogens with one attached hydrogen (secondary N) is 1. The molecule has 1 unspecified atom stereocenters. The van der Waals surface area contributed by atoms with E-state index in [9.17, 15) is 0 Å². The summed E-state index contributed by atoms with van der Waals surface area (Å²) in [5, 5.41) is 3.44. The van der Waals surface area contributed by atoms with Crippen LogP contribution >= 0.6 is 12.2 Å². The molecule has 1 saturated heterocycles. The Labute approximate surface area is 143 Å². The predicted octanol–water partition coefficient (Wildman–Crippen LogP) is 3.36. The normalized spacial score (nSPS) is 22.7. The Balaban J connectivity index is 2.17. The van der Waals surface area contributed by atoms with E-state index < -0.39 is 5.41 Å². The lowest BCUT2D eigenvalue weighted by Gasteiger charge is -2.48. The first-order valence-corrected chi connectivity index (χ1v) is 8.36. The molecular formula is C19H23N3S. The van der Waals surface area contributed by atoms with Crippen LogP contribution in [-0.2, 0) is 5.41 Å². The van der Waals surface area contributed by atoms with Gasteiger partial charge in [0.15, 0.2) is 0 Å². The Morgan fingerprint density at radius 2 is 1.78 bits per heavy atom.